The molecular weight excluding hydrogens is 408 g/mol. The summed E-state index contributed by atoms with van der Waals surface area (Å²) in [6.45, 7) is 3.71. The van der Waals surface area contributed by atoms with Crippen molar-refractivity contribution >= 4 is 43.3 Å². The summed E-state index contributed by atoms with van der Waals surface area (Å²) in [5.74, 6) is 2.05. The fraction of sp³-hybridized carbons (Fsp3) is 0.222. The highest BCUT2D eigenvalue weighted by molar-refractivity contribution is 6.41. The maximum absolute atomic E-state index is 11.3. The predicted octanol–water partition coefficient (Wildman–Crippen LogP) is 4.31. The Morgan fingerprint density at radius 3 is 2.24 bits per heavy atom. The standard InChI is InChI=1S/C27H25B2NO3/c1-4-21-22-15-20(33-27-23(28)13-17(14-24(27)29)6-5-16(2)31)11-12-25(22)30-26(21)18-7-9-19(32-3)10-8-18/h7-15,30H,4-6H2,1-3H3. The third-order valence-electron chi connectivity index (χ3n) is 5.80. The Hall–Kier alpha value is -3.40. The van der Waals surface area contributed by atoms with Crippen LogP contribution in [-0.2, 0) is 17.6 Å². The maximum Gasteiger partial charge on any atom is 0.130 e. The first-order valence-electron chi connectivity index (χ1n) is 11.0. The normalized spacial score (nSPS) is 11.0. The van der Waals surface area contributed by atoms with Gasteiger partial charge in [-0.1, -0.05) is 30.0 Å². The molecule has 162 valence electrons. The van der Waals surface area contributed by atoms with Crippen LogP contribution in [0.2, 0.25) is 0 Å². The van der Waals surface area contributed by atoms with E-state index in [0.717, 1.165) is 39.9 Å². The highest BCUT2D eigenvalue weighted by Gasteiger charge is 2.14. The van der Waals surface area contributed by atoms with Crippen LogP contribution in [0.5, 0.6) is 17.2 Å². The van der Waals surface area contributed by atoms with Gasteiger partial charge in [0.05, 0.1) is 7.11 Å². The molecule has 0 aliphatic heterocycles. The van der Waals surface area contributed by atoms with Crippen molar-refractivity contribution < 1.29 is 14.3 Å². The quantitative estimate of drug-likeness (QED) is 0.422. The number of aromatic nitrogens is 1. The number of Topliss-reactive ketones (excluding diaryl/α,β-unsaturated/α-hetero) is 1. The van der Waals surface area contributed by atoms with Crippen LogP contribution in [0.1, 0.15) is 31.4 Å². The molecule has 3 aromatic carbocycles. The van der Waals surface area contributed by atoms with Crippen LogP contribution >= 0.6 is 0 Å². The highest BCUT2D eigenvalue weighted by Crippen LogP contribution is 2.34. The zero-order chi connectivity index (χ0) is 23.5. The Kier molecular flexibility index (Phi) is 6.64. The second-order valence-electron chi connectivity index (χ2n) is 8.18. The van der Waals surface area contributed by atoms with Crippen LogP contribution in [0, 0.1) is 0 Å². The summed E-state index contributed by atoms with van der Waals surface area (Å²) in [5, 5.41) is 1.09. The number of benzene rings is 3. The number of rotatable bonds is 8. The number of fused-ring (bicyclic) bond motifs is 1. The molecule has 0 aliphatic rings. The van der Waals surface area contributed by atoms with Crippen LogP contribution in [0.3, 0.4) is 0 Å². The van der Waals surface area contributed by atoms with Crippen molar-refractivity contribution in [1.82, 2.24) is 4.98 Å². The second-order valence-corrected chi connectivity index (χ2v) is 8.18. The zero-order valence-corrected chi connectivity index (χ0v) is 19.2. The minimum Gasteiger partial charge on any atom is -0.497 e. The molecule has 0 saturated carbocycles. The summed E-state index contributed by atoms with van der Waals surface area (Å²) < 4.78 is 11.4. The smallest absolute Gasteiger partial charge is 0.130 e. The number of carbonyl (C=O) groups excluding carboxylic acids is 1. The molecule has 0 unspecified atom stereocenters. The number of aromatic amines is 1. The third kappa shape index (κ3) is 4.85. The first kappa shape index (κ1) is 22.8. The van der Waals surface area contributed by atoms with Crippen molar-refractivity contribution in [3.05, 3.63) is 65.7 Å². The van der Waals surface area contributed by atoms with Gasteiger partial charge in [-0.05, 0) is 78.9 Å². The molecule has 0 saturated heterocycles. The lowest BCUT2D eigenvalue weighted by Crippen LogP contribution is -2.20. The summed E-state index contributed by atoms with van der Waals surface area (Å²) in [6, 6.07) is 17.6. The van der Waals surface area contributed by atoms with Crippen LogP contribution in [0.4, 0.5) is 0 Å². The van der Waals surface area contributed by atoms with Crippen LogP contribution in [0.15, 0.2) is 54.6 Å². The van der Waals surface area contributed by atoms with Gasteiger partial charge >= 0.3 is 0 Å². The molecule has 0 bridgehead atoms. The van der Waals surface area contributed by atoms with Crippen molar-refractivity contribution in [2.24, 2.45) is 0 Å². The molecule has 1 heterocycles. The van der Waals surface area contributed by atoms with Gasteiger partial charge in [0.2, 0.25) is 0 Å². The molecule has 1 N–H and O–H groups in total. The lowest BCUT2D eigenvalue weighted by Gasteiger charge is -2.15. The van der Waals surface area contributed by atoms with Crippen molar-refractivity contribution in [2.75, 3.05) is 7.11 Å². The van der Waals surface area contributed by atoms with Crippen LogP contribution < -0.4 is 20.4 Å². The summed E-state index contributed by atoms with van der Waals surface area (Å²) >= 11 is 0. The van der Waals surface area contributed by atoms with Crippen LogP contribution in [-0.4, -0.2) is 33.6 Å². The molecule has 0 amide bonds. The molecule has 6 heteroatoms. The Balaban J connectivity index is 1.66. The van der Waals surface area contributed by atoms with Gasteiger partial charge in [-0.25, -0.2) is 0 Å². The monoisotopic (exact) mass is 433 g/mol. The van der Waals surface area contributed by atoms with Gasteiger partial charge in [0, 0.05) is 23.0 Å². The average molecular weight is 433 g/mol. The van der Waals surface area contributed by atoms with Gasteiger partial charge in [-0.2, -0.15) is 0 Å². The topological polar surface area (TPSA) is 51.3 Å². The van der Waals surface area contributed by atoms with E-state index in [1.54, 1.807) is 14.0 Å². The van der Waals surface area contributed by atoms with Gasteiger partial charge in [-0.15, -0.1) is 0 Å². The predicted molar refractivity (Wildman–Crippen MR) is 136 cm³/mol. The fourth-order valence-corrected chi connectivity index (χ4v) is 4.10. The van der Waals surface area contributed by atoms with E-state index in [1.165, 1.54) is 5.56 Å². The number of H-pyrrole nitrogens is 1. The lowest BCUT2D eigenvalue weighted by molar-refractivity contribution is -0.116. The third-order valence-corrected chi connectivity index (χ3v) is 5.80. The van der Waals surface area contributed by atoms with Gasteiger partial charge in [0.15, 0.2) is 0 Å². The van der Waals surface area contributed by atoms with Crippen LogP contribution in [0.25, 0.3) is 22.2 Å². The number of hydrogen-bond acceptors (Lipinski definition) is 3. The Labute approximate surface area is 197 Å². The van der Waals surface area contributed by atoms with Crippen molar-refractivity contribution in [3.8, 4) is 28.5 Å². The van der Waals surface area contributed by atoms with Crippen molar-refractivity contribution in [2.45, 2.75) is 33.1 Å². The minimum absolute atomic E-state index is 0.132. The van der Waals surface area contributed by atoms with Gasteiger partial charge in [0.1, 0.15) is 38.7 Å². The number of hydrogen-bond donors (Lipinski definition) is 1. The van der Waals surface area contributed by atoms with Gasteiger partial charge in [-0.3, -0.25) is 0 Å². The molecule has 33 heavy (non-hydrogen) atoms. The number of methoxy groups -OCH3 is 1. The van der Waals surface area contributed by atoms with E-state index in [1.807, 2.05) is 42.5 Å². The van der Waals surface area contributed by atoms with E-state index in [0.29, 0.717) is 35.3 Å². The van der Waals surface area contributed by atoms with E-state index in [-0.39, 0.29) is 5.78 Å². The molecule has 4 aromatic rings. The average Bonchev–Trinajstić information content (AvgIpc) is 3.18. The molecule has 4 rings (SSSR count). The fourth-order valence-electron chi connectivity index (χ4n) is 4.10. The van der Waals surface area contributed by atoms with E-state index < -0.39 is 0 Å². The number of nitrogens with one attached hydrogen (secondary N) is 1. The molecule has 0 aliphatic carbocycles. The van der Waals surface area contributed by atoms with Crippen molar-refractivity contribution in [3.63, 3.8) is 0 Å². The number of carbonyl (C=O) groups is 1. The highest BCUT2D eigenvalue weighted by atomic mass is 16.5. The SMILES string of the molecule is [B]c1cc(CCC(C)=O)cc([B])c1Oc1ccc2[nH]c(-c3ccc(OC)cc3)c(CC)c2c1. The van der Waals surface area contributed by atoms with E-state index in [4.69, 9.17) is 25.2 Å². The summed E-state index contributed by atoms with van der Waals surface area (Å²) in [6.07, 6.45) is 1.92. The summed E-state index contributed by atoms with van der Waals surface area (Å²) in [4.78, 5) is 14.8. The molecule has 0 fully saturated rings. The molecule has 4 radical (unpaired) electrons. The first-order chi connectivity index (χ1) is 15.9. The first-order valence-corrected chi connectivity index (χ1v) is 11.0. The molecular formula is C27H25B2NO3. The molecule has 1 aromatic heterocycles. The lowest BCUT2D eigenvalue weighted by atomic mass is 9.83. The van der Waals surface area contributed by atoms with E-state index in [9.17, 15) is 4.79 Å². The van der Waals surface area contributed by atoms with E-state index in [2.05, 4.69) is 24.0 Å². The Morgan fingerprint density at radius 2 is 1.64 bits per heavy atom. The van der Waals surface area contributed by atoms with Gasteiger partial charge in [0.25, 0.3) is 0 Å². The number of aryl methyl sites for hydroxylation is 2. The van der Waals surface area contributed by atoms with Crippen molar-refractivity contribution in [1.29, 1.82) is 0 Å². The molecule has 4 nitrogen and oxygen atoms in total. The second kappa shape index (κ2) is 9.62. The largest absolute Gasteiger partial charge is 0.497 e. The number of ether oxygens (including phenoxy) is 2. The molecule has 0 spiro atoms. The van der Waals surface area contributed by atoms with Gasteiger partial charge < -0.3 is 19.3 Å². The Bertz CT molecular complexity index is 1290. The summed E-state index contributed by atoms with van der Waals surface area (Å²) in [7, 11) is 14.1. The minimum atomic E-state index is 0.132. The zero-order valence-electron chi connectivity index (χ0n) is 19.2. The van der Waals surface area contributed by atoms with E-state index >= 15 is 0 Å². The Morgan fingerprint density at radius 1 is 0.970 bits per heavy atom. The maximum atomic E-state index is 11.3. The number of ketones is 1. The molecule has 0 atom stereocenters. The summed E-state index contributed by atoms with van der Waals surface area (Å²) in [5.41, 5.74) is 6.26.